The van der Waals surface area contributed by atoms with Gasteiger partial charge in [0.15, 0.2) is 0 Å². The molecule has 37 heavy (non-hydrogen) atoms. The predicted octanol–water partition coefficient (Wildman–Crippen LogP) is 4.91. The first kappa shape index (κ1) is 27.3. The number of likely N-dealkylation sites (N-methyl/N-ethyl adjacent to an activating group) is 1. The highest BCUT2D eigenvalue weighted by molar-refractivity contribution is 6.32. The van der Waals surface area contributed by atoms with Crippen LogP contribution in [-0.2, 0) is 11.2 Å². The lowest BCUT2D eigenvalue weighted by Gasteiger charge is -2.18. The number of halogens is 2. The zero-order chi connectivity index (χ0) is 26.9. The summed E-state index contributed by atoms with van der Waals surface area (Å²) in [5.74, 6) is -1.19. The first-order valence-electron chi connectivity index (χ1n) is 11.1. The molecule has 0 atom stereocenters. The summed E-state index contributed by atoms with van der Waals surface area (Å²) in [5, 5.41) is 14.2. The van der Waals surface area contributed by atoms with Crippen LogP contribution in [0.25, 0.3) is 0 Å². The number of carbonyl (C=O) groups excluding carboxylic acids is 2. The van der Waals surface area contributed by atoms with Crippen molar-refractivity contribution in [1.29, 1.82) is 0 Å². The molecule has 3 aromatic carbocycles. The van der Waals surface area contributed by atoms with Crippen molar-refractivity contribution in [3.05, 3.63) is 82.6 Å². The molecule has 0 fully saturated rings. The molecule has 0 aliphatic heterocycles. The zero-order valence-electron chi connectivity index (χ0n) is 20.1. The standard InChI is InChI=1S/C26H25ClFN3O6/c1-31(11-12-37-22-10-8-17(25(33)34)15-18(22)27)24(32)14-16-7-9-21(23(13-16)36-2)30-26(35)29-20-6-4-3-5-19(20)28/h3-10,13,15H,11-12,14H2,1-2H3,(H,33,34)(H2,29,30,35). The summed E-state index contributed by atoms with van der Waals surface area (Å²) >= 11 is 6.05. The highest BCUT2D eigenvalue weighted by atomic mass is 35.5. The number of ether oxygens (including phenoxy) is 2. The molecule has 0 aliphatic carbocycles. The molecule has 0 bridgehead atoms. The summed E-state index contributed by atoms with van der Waals surface area (Å²) in [7, 11) is 3.06. The number of anilines is 2. The Hall–Kier alpha value is -4.31. The maximum Gasteiger partial charge on any atom is 0.335 e. The van der Waals surface area contributed by atoms with Crippen LogP contribution in [0.15, 0.2) is 60.7 Å². The number of para-hydroxylation sites is 1. The highest BCUT2D eigenvalue weighted by Crippen LogP contribution is 2.27. The molecule has 0 unspecified atom stereocenters. The Labute approximate surface area is 217 Å². The Morgan fingerprint density at radius 2 is 1.73 bits per heavy atom. The summed E-state index contributed by atoms with van der Waals surface area (Å²) < 4.78 is 24.7. The second-order valence-electron chi connectivity index (χ2n) is 7.88. The van der Waals surface area contributed by atoms with Crippen LogP contribution in [0, 0.1) is 5.82 Å². The molecule has 0 aromatic heterocycles. The molecule has 0 saturated heterocycles. The van der Waals surface area contributed by atoms with E-state index in [1.165, 1.54) is 48.4 Å². The van der Waals surface area contributed by atoms with Crippen molar-refractivity contribution in [3.8, 4) is 11.5 Å². The minimum Gasteiger partial charge on any atom is -0.495 e. The van der Waals surface area contributed by atoms with Crippen molar-refractivity contribution >= 4 is 40.9 Å². The largest absolute Gasteiger partial charge is 0.495 e. The van der Waals surface area contributed by atoms with Gasteiger partial charge in [0.1, 0.15) is 23.9 Å². The molecule has 194 valence electrons. The summed E-state index contributed by atoms with van der Waals surface area (Å²) in [4.78, 5) is 37.4. The molecule has 11 heteroatoms. The topological polar surface area (TPSA) is 117 Å². The highest BCUT2D eigenvalue weighted by Gasteiger charge is 2.15. The van der Waals surface area contributed by atoms with Crippen LogP contribution >= 0.6 is 11.6 Å². The van der Waals surface area contributed by atoms with E-state index in [9.17, 15) is 18.8 Å². The molecule has 3 amide bonds. The van der Waals surface area contributed by atoms with Gasteiger partial charge in [0.05, 0.1) is 42.0 Å². The Morgan fingerprint density at radius 3 is 2.41 bits per heavy atom. The van der Waals surface area contributed by atoms with Crippen molar-refractivity contribution in [2.24, 2.45) is 0 Å². The number of rotatable bonds is 10. The zero-order valence-corrected chi connectivity index (χ0v) is 20.8. The van der Waals surface area contributed by atoms with Gasteiger partial charge in [-0.15, -0.1) is 0 Å². The maximum absolute atomic E-state index is 13.8. The lowest BCUT2D eigenvalue weighted by Crippen LogP contribution is -2.32. The van der Waals surface area contributed by atoms with Gasteiger partial charge in [0.25, 0.3) is 0 Å². The molecule has 3 rings (SSSR count). The molecular weight excluding hydrogens is 505 g/mol. The van der Waals surface area contributed by atoms with Gasteiger partial charge < -0.3 is 30.1 Å². The van der Waals surface area contributed by atoms with E-state index in [2.05, 4.69) is 10.6 Å². The Morgan fingerprint density at radius 1 is 1.00 bits per heavy atom. The SMILES string of the molecule is COc1cc(CC(=O)N(C)CCOc2ccc(C(=O)O)cc2Cl)ccc1NC(=O)Nc1ccccc1F. The smallest absolute Gasteiger partial charge is 0.335 e. The molecule has 0 saturated carbocycles. The van der Waals surface area contributed by atoms with Crippen molar-refractivity contribution in [2.75, 3.05) is 37.9 Å². The number of hydrogen-bond acceptors (Lipinski definition) is 5. The van der Waals surface area contributed by atoms with E-state index in [0.29, 0.717) is 22.7 Å². The van der Waals surface area contributed by atoms with Crippen LogP contribution < -0.4 is 20.1 Å². The summed E-state index contributed by atoms with van der Waals surface area (Å²) in [6.45, 7) is 0.417. The van der Waals surface area contributed by atoms with Gasteiger partial charge in [-0.3, -0.25) is 4.79 Å². The third-order valence-corrected chi connectivity index (χ3v) is 5.58. The van der Waals surface area contributed by atoms with E-state index in [-0.39, 0.29) is 41.8 Å². The molecule has 0 aliphatic rings. The number of carboxylic acid groups (broad SMARTS) is 1. The minimum absolute atomic E-state index is 0.0350. The number of hydrogen-bond donors (Lipinski definition) is 3. The second-order valence-corrected chi connectivity index (χ2v) is 8.29. The number of nitrogens with zero attached hydrogens (tertiary/aromatic N) is 1. The molecular formula is C26H25ClFN3O6. The van der Waals surface area contributed by atoms with Gasteiger partial charge in [0.2, 0.25) is 5.91 Å². The number of benzene rings is 3. The Balaban J connectivity index is 1.53. The first-order valence-corrected chi connectivity index (χ1v) is 11.4. The van der Waals surface area contributed by atoms with Gasteiger partial charge in [-0.2, -0.15) is 0 Å². The number of amides is 3. The van der Waals surface area contributed by atoms with E-state index >= 15 is 0 Å². The van der Waals surface area contributed by atoms with Gasteiger partial charge >= 0.3 is 12.0 Å². The number of urea groups is 1. The van der Waals surface area contributed by atoms with Crippen LogP contribution in [0.2, 0.25) is 5.02 Å². The van der Waals surface area contributed by atoms with Crippen molar-refractivity contribution in [3.63, 3.8) is 0 Å². The van der Waals surface area contributed by atoms with Gasteiger partial charge in [-0.25, -0.2) is 14.0 Å². The van der Waals surface area contributed by atoms with E-state index in [4.69, 9.17) is 26.2 Å². The number of methoxy groups -OCH3 is 1. The number of nitrogens with one attached hydrogen (secondary N) is 2. The lowest BCUT2D eigenvalue weighted by atomic mass is 10.1. The molecule has 0 spiro atoms. The fraction of sp³-hybridized carbons (Fsp3) is 0.192. The van der Waals surface area contributed by atoms with E-state index < -0.39 is 17.8 Å². The summed E-state index contributed by atoms with van der Waals surface area (Å²) in [6.07, 6.45) is 0.0721. The Bertz CT molecular complexity index is 1300. The number of aromatic carboxylic acids is 1. The second kappa shape index (κ2) is 12.6. The number of carboxylic acids is 1. The molecule has 0 heterocycles. The normalized spacial score (nSPS) is 10.4. The molecule has 0 radical (unpaired) electrons. The number of carbonyl (C=O) groups is 3. The third-order valence-electron chi connectivity index (χ3n) is 5.28. The minimum atomic E-state index is -1.09. The van der Waals surface area contributed by atoms with Crippen LogP contribution in [0.4, 0.5) is 20.6 Å². The monoisotopic (exact) mass is 529 g/mol. The average molecular weight is 530 g/mol. The van der Waals surface area contributed by atoms with Crippen LogP contribution in [0.1, 0.15) is 15.9 Å². The maximum atomic E-state index is 13.8. The van der Waals surface area contributed by atoms with Crippen LogP contribution in [-0.4, -0.2) is 55.2 Å². The van der Waals surface area contributed by atoms with Gasteiger partial charge in [0, 0.05) is 7.05 Å². The molecule has 3 aromatic rings. The predicted molar refractivity (Wildman–Crippen MR) is 137 cm³/mol. The van der Waals surface area contributed by atoms with E-state index in [1.54, 1.807) is 31.3 Å². The Kier molecular flexibility index (Phi) is 9.28. The first-order chi connectivity index (χ1) is 17.7. The van der Waals surface area contributed by atoms with E-state index in [1.807, 2.05) is 0 Å². The van der Waals surface area contributed by atoms with Crippen LogP contribution in [0.3, 0.4) is 0 Å². The van der Waals surface area contributed by atoms with Crippen molar-refractivity contribution < 1.29 is 33.4 Å². The average Bonchev–Trinajstić information content (AvgIpc) is 2.87. The van der Waals surface area contributed by atoms with Gasteiger partial charge in [-0.1, -0.05) is 29.8 Å². The lowest BCUT2D eigenvalue weighted by molar-refractivity contribution is -0.129. The van der Waals surface area contributed by atoms with Crippen molar-refractivity contribution in [1.82, 2.24) is 4.90 Å². The summed E-state index contributed by atoms with van der Waals surface area (Å²) in [6, 6.07) is 14.2. The molecule has 9 nitrogen and oxygen atoms in total. The fourth-order valence-corrected chi connectivity index (χ4v) is 3.50. The van der Waals surface area contributed by atoms with Gasteiger partial charge in [-0.05, 0) is 48.0 Å². The van der Waals surface area contributed by atoms with Crippen molar-refractivity contribution in [2.45, 2.75) is 6.42 Å². The van der Waals surface area contributed by atoms with E-state index in [0.717, 1.165) is 0 Å². The quantitative estimate of drug-likeness (QED) is 0.343. The third kappa shape index (κ3) is 7.58. The molecule has 3 N–H and O–H groups in total. The van der Waals surface area contributed by atoms with Crippen LogP contribution in [0.5, 0.6) is 11.5 Å². The fourth-order valence-electron chi connectivity index (χ4n) is 3.27. The summed E-state index contributed by atoms with van der Waals surface area (Å²) in [5.41, 5.74) is 1.09.